The van der Waals surface area contributed by atoms with Gasteiger partial charge in [-0.05, 0) is 19.1 Å². The highest BCUT2D eigenvalue weighted by molar-refractivity contribution is 7.90. The van der Waals surface area contributed by atoms with Crippen LogP contribution in [0.25, 0.3) is 0 Å². The Bertz CT molecular complexity index is 584. The molecule has 0 aromatic heterocycles. The van der Waals surface area contributed by atoms with E-state index in [0.717, 1.165) is 0 Å². The molecule has 0 aliphatic carbocycles. The van der Waals surface area contributed by atoms with Crippen molar-refractivity contribution in [2.45, 2.75) is 17.9 Å². The van der Waals surface area contributed by atoms with E-state index in [4.69, 9.17) is 14.2 Å². The molecule has 0 aliphatic rings. The zero-order chi connectivity index (χ0) is 15.3. The first-order chi connectivity index (χ1) is 9.35. The molecule has 112 valence electrons. The maximum Gasteiger partial charge on any atom is 0.264 e. The van der Waals surface area contributed by atoms with Crippen molar-refractivity contribution in [3.63, 3.8) is 0 Å². The number of amides is 1. The second kappa shape index (κ2) is 6.58. The first-order valence-electron chi connectivity index (χ1n) is 5.67. The lowest BCUT2D eigenvalue weighted by Crippen LogP contribution is -2.38. The van der Waals surface area contributed by atoms with Gasteiger partial charge >= 0.3 is 0 Å². The molecule has 8 heteroatoms. The fourth-order valence-electron chi connectivity index (χ4n) is 1.37. The molecule has 0 bridgehead atoms. The van der Waals surface area contributed by atoms with Crippen molar-refractivity contribution < 1.29 is 27.4 Å². The number of ether oxygens (including phenoxy) is 3. The van der Waals surface area contributed by atoms with Crippen LogP contribution < -0.4 is 14.2 Å². The van der Waals surface area contributed by atoms with Crippen LogP contribution in [0, 0.1) is 0 Å². The van der Waals surface area contributed by atoms with Gasteiger partial charge in [0.1, 0.15) is 6.10 Å². The summed E-state index contributed by atoms with van der Waals surface area (Å²) in [6, 6.07) is 4.03. The summed E-state index contributed by atoms with van der Waals surface area (Å²) in [7, 11) is 0.153. The molecule has 20 heavy (non-hydrogen) atoms. The summed E-state index contributed by atoms with van der Waals surface area (Å²) in [6.07, 6.45) is -0.870. The summed E-state index contributed by atoms with van der Waals surface area (Å²) in [4.78, 5) is 11.5. The minimum absolute atomic E-state index is 0.105. The molecule has 1 amide bonds. The van der Waals surface area contributed by atoms with E-state index in [0.29, 0.717) is 5.75 Å². The standard InChI is InChI=1S/C12H17NO6S/c1-8(17-2)12(14)13-20(15,16)9-5-6-10(18-3)11(7-9)19-4/h5-8H,1-4H3,(H,13,14)/t8-/m1/s1. The summed E-state index contributed by atoms with van der Waals surface area (Å²) in [5, 5.41) is 0. The third kappa shape index (κ3) is 3.61. The van der Waals surface area contributed by atoms with Crippen LogP contribution in [0.5, 0.6) is 11.5 Å². The molecule has 1 N–H and O–H groups in total. The van der Waals surface area contributed by atoms with E-state index >= 15 is 0 Å². The van der Waals surface area contributed by atoms with Gasteiger partial charge in [0.05, 0.1) is 19.1 Å². The van der Waals surface area contributed by atoms with Crippen molar-refractivity contribution in [1.82, 2.24) is 4.72 Å². The maximum absolute atomic E-state index is 12.0. The van der Waals surface area contributed by atoms with Crippen LogP contribution in [-0.4, -0.2) is 41.8 Å². The van der Waals surface area contributed by atoms with Gasteiger partial charge in [0.2, 0.25) is 0 Å². The topological polar surface area (TPSA) is 90.9 Å². The number of carbonyl (C=O) groups excluding carboxylic acids is 1. The maximum atomic E-state index is 12.0. The minimum Gasteiger partial charge on any atom is -0.493 e. The van der Waals surface area contributed by atoms with Gasteiger partial charge in [0, 0.05) is 13.2 Å². The normalized spacial score (nSPS) is 12.6. The van der Waals surface area contributed by atoms with Gasteiger partial charge in [-0.15, -0.1) is 0 Å². The van der Waals surface area contributed by atoms with Gasteiger partial charge in [0.15, 0.2) is 11.5 Å². The molecule has 0 spiro atoms. The van der Waals surface area contributed by atoms with Gasteiger partial charge in [-0.1, -0.05) is 0 Å². The number of sulfonamides is 1. The van der Waals surface area contributed by atoms with E-state index in [9.17, 15) is 13.2 Å². The van der Waals surface area contributed by atoms with Gasteiger partial charge in [-0.2, -0.15) is 0 Å². The lowest BCUT2D eigenvalue weighted by Gasteiger charge is -2.13. The number of methoxy groups -OCH3 is 3. The van der Waals surface area contributed by atoms with E-state index in [-0.39, 0.29) is 10.6 Å². The number of carbonyl (C=O) groups is 1. The monoisotopic (exact) mass is 303 g/mol. The lowest BCUT2D eigenvalue weighted by atomic mass is 10.3. The molecule has 1 aromatic carbocycles. The largest absolute Gasteiger partial charge is 0.493 e. The zero-order valence-corrected chi connectivity index (χ0v) is 12.5. The Morgan fingerprint density at radius 3 is 2.25 bits per heavy atom. The van der Waals surface area contributed by atoms with Crippen molar-refractivity contribution in [3.8, 4) is 11.5 Å². The van der Waals surface area contributed by atoms with E-state index in [1.807, 2.05) is 4.72 Å². The quantitative estimate of drug-likeness (QED) is 0.825. The molecule has 0 unspecified atom stereocenters. The second-order valence-electron chi connectivity index (χ2n) is 3.86. The second-order valence-corrected chi connectivity index (χ2v) is 5.55. The van der Waals surface area contributed by atoms with Crippen LogP contribution in [0.3, 0.4) is 0 Å². The average Bonchev–Trinajstić information content (AvgIpc) is 2.44. The van der Waals surface area contributed by atoms with Crippen LogP contribution in [-0.2, 0) is 19.6 Å². The van der Waals surface area contributed by atoms with Crippen LogP contribution in [0.2, 0.25) is 0 Å². The number of rotatable bonds is 6. The predicted octanol–water partition coefficient (Wildman–Crippen LogP) is 0.544. The summed E-state index contributed by atoms with van der Waals surface area (Å²) in [5.74, 6) is -0.104. The third-order valence-corrected chi connectivity index (χ3v) is 3.97. The SMILES string of the molecule is COc1ccc(S(=O)(=O)NC(=O)[C@@H](C)OC)cc1OC. The van der Waals surface area contributed by atoms with Crippen LogP contribution >= 0.6 is 0 Å². The van der Waals surface area contributed by atoms with Gasteiger partial charge < -0.3 is 14.2 Å². The van der Waals surface area contributed by atoms with E-state index < -0.39 is 22.0 Å². The Morgan fingerprint density at radius 2 is 1.75 bits per heavy atom. The first-order valence-corrected chi connectivity index (χ1v) is 7.15. The van der Waals surface area contributed by atoms with Crippen molar-refractivity contribution in [1.29, 1.82) is 0 Å². The predicted molar refractivity (Wildman–Crippen MR) is 71.3 cm³/mol. The number of nitrogens with one attached hydrogen (secondary N) is 1. The van der Waals surface area contributed by atoms with E-state index in [1.54, 1.807) is 0 Å². The molecule has 0 radical (unpaired) electrons. The minimum atomic E-state index is -3.99. The number of benzene rings is 1. The highest BCUT2D eigenvalue weighted by atomic mass is 32.2. The first kappa shape index (κ1) is 16.3. The Balaban J connectivity index is 3.07. The zero-order valence-electron chi connectivity index (χ0n) is 11.7. The molecular weight excluding hydrogens is 286 g/mol. The van der Waals surface area contributed by atoms with Gasteiger partial charge in [0.25, 0.3) is 15.9 Å². The molecule has 0 aliphatic heterocycles. The van der Waals surface area contributed by atoms with Crippen molar-refractivity contribution in [3.05, 3.63) is 18.2 Å². The Hall–Kier alpha value is -1.80. The highest BCUT2D eigenvalue weighted by Crippen LogP contribution is 2.29. The van der Waals surface area contributed by atoms with Gasteiger partial charge in [-0.3, -0.25) is 4.79 Å². The molecule has 0 saturated carbocycles. The molecule has 7 nitrogen and oxygen atoms in total. The van der Waals surface area contributed by atoms with Crippen LogP contribution in [0.4, 0.5) is 0 Å². The van der Waals surface area contributed by atoms with Crippen molar-refractivity contribution >= 4 is 15.9 Å². The summed E-state index contributed by atoms with van der Waals surface area (Å²) in [5.41, 5.74) is 0. The number of hydrogen-bond donors (Lipinski definition) is 1. The Morgan fingerprint density at radius 1 is 1.15 bits per heavy atom. The average molecular weight is 303 g/mol. The fourth-order valence-corrected chi connectivity index (χ4v) is 2.42. The van der Waals surface area contributed by atoms with Crippen LogP contribution in [0.15, 0.2) is 23.1 Å². The third-order valence-electron chi connectivity index (χ3n) is 2.62. The van der Waals surface area contributed by atoms with E-state index in [2.05, 4.69) is 0 Å². The van der Waals surface area contributed by atoms with Gasteiger partial charge in [-0.25, -0.2) is 13.1 Å². The smallest absolute Gasteiger partial charge is 0.264 e. The molecule has 0 saturated heterocycles. The molecule has 1 aromatic rings. The van der Waals surface area contributed by atoms with Crippen LogP contribution in [0.1, 0.15) is 6.92 Å². The molecule has 1 atom stereocenters. The van der Waals surface area contributed by atoms with E-state index in [1.165, 1.54) is 46.5 Å². The fraction of sp³-hybridized carbons (Fsp3) is 0.417. The Labute approximate surface area is 117 Å². The molecule has 1 rings (SSSR count). The summed E-state index contributed by atoms with van der Waals surface area (Å²) in [6.45, 7) is 1.44. The highest BCUT2D eigenvalue weighted by Gasteiger charge is 2.22. The Kier molecular flexibility index (Phi) is 5.34. The lowest BCUT2D eigenvalue weighted by molar-refractivity contribution is -0.128. The van der Waals surface area contributed by atoms with Crippen molar-refractivity contribution in [2.75, 3.05) is 21.3 Å². The molecule has 0 fully saturated rings. The number of hydrogen-bond acceptors (Lipinski definition) is 6. The summed E-state index contributed by atoms with van der Waals surface area (Å²) < 4.78 is 40.8. The molecular formula is C12H17NO6S. The molecule has 0 heterocycles. The van der Waals surface area contributed by atoms with Crippen molar-refractivity contribution in [2.24, 2.45) is 0 Å². The summed E-state index contributed by atoms with van der Waals surface area (Å²) >= 11 is 0.